The fraction of sp³-hybridized carbons (Fsp3) is 0.0270. The zero-order chi connectivity index (χ0) is 50.0. The Labute approximate surface area is 446 Å². The number of rotatable bonds is 7. The van der Waals surface area contributed by atoms with Gasteiger partial charge < -0.3 is 4.90 Å². The Bertz CT molecular complexity index is 4360. The predicted octanol–water partition coefficient (Wildman–Crippen LogP) is 19.6. The van der Waals surface area contributed by atoms with Crippen LogP contribution in [0, 0.1) is 0 Å². The number of nitrogens with zero attached hydrogens (tertiary/aromatic N) is 1. The van der Waals surface area contributed by atoms with Crippen LogP contribution < -0.4 is 4.90 Å². The minimum absolute atomic E-state index is 0.501. The Kier molecular flexibility index (Phi) is 9.40. The van der Waals surface area contributed by atoms with Gasteiger partial charge in [-0.25, -0.2) is 0 Å². The molecule has 1 nitrogen and oxygen atoms in total. The Morgan fingerprint density at radius 2 is 0.658 bits per heavy atom. The van der Waals surface area contributed by atoms with E-state index in [2.05, 4.69) is 290 Å². The van der Waals surface area contributed by atoms with Gasteiger partial charge in [-0.1, -0.05) is 249 Å². The second-order valence-electron chi connectivity index (χ2n) is 20.5. The molecule has 1 aromatic heterocycles. The molecule has 1 spiro atoms. The molecule has 0 saturated carbocycles. The van der Waals surface area contributed by atoms with E-state index in [0.29, 0.717) is 0 Å². The van der Waals surface area contributed by atoms with Crippen molar-refractivity contribution in [2.24, 2.45) is 0 Å². The fourth-order valence-electron chi connectivity index (χ4n) is 14.2. The Morgan fingerprint density at radius 3 is 1.24 bits per heavy atom. The van der Waals surface area contributed by atoms with Crippen LogP contribution >= 0.6 is 11.3 Å². The maximum absolute atomic E-state index is 2.63. The molecule has 3 aliphatic carbocycles. The number of hydrogen-bond donors (Lipinski definition) is 0. The van der Waals surface area contributed by atoms with E-state index in [1.807, 2.05) is 11.3 Å². The van der Waals surface area contributed by atoms with Crippen LogP contribution in [0.15, 0.2) is 285 Å². The highest BCUT2D eigenvalue weighted by molar-refractivity contribution is 7.26. The van der Waals surface area contributed by atoms with Gasteiger partial charge in [-0.05, 0) is 131 Å². The number of anilines is 3. The topological polar surface area (TPSA) is 3.24 Å². The van der Waals surface area contributed by atoms with Crippen molar-refractivity contribution in [3.8, 4) is 55.6 Å². The molecular weight excluding hydrogens is 935 g/mol. The summed E-state index contributed by atoms with van der Waals surface area (Å²) in [5, 5.41) is 2.53. The zero-order valence-corrected chi connectivity index (χ0v) is 42.3. The van der Waals surface area contributed by atoms with E-state index in [0.717, 1.165) is 17.1 Å². The van der Waals surface area contributed by atoms with E-state index in [4.69, 9.17) is 0 Å². The SMILES string of the molecule is c1ccc(-c2ccccc2C2(c3ccccc3-c3ccccc3)c3ccccc3-c3ccc(N(c4cccc5c4-c4ccccc4C54c5ccccc5-c5ccccc54)c4cccc5sc6ccccc6c45)cc32)cc1. The molecule has 354 valence electrons. The molecule has 16 rings (SSSR count). The summed E-state index contributed by atoms with van der Waals surface area (Å²) in [6.07, 6.45) is 0. The van der Waals surface area contributed by atoms with Crippen molar-refractivity contribution in [3.63, 3.8) is 0 Å². The maximum atomic E-state index is 2.63. The van der Waals surface area contributed by atoms with Crippen LogP contribution in [0.1, 0.15) is 44.5 Å². The normalized spacial score (nSPS) is 13.7. The fourth-order valence-corrected chi connectivity index (χ4v) is 15.3. The van der Waals surface area contributed by atoms with Gasteiger partial charge in [0.05, 0.1) is 22.2 Å². The van der Waals surface area contributed by atoms with Gasteiger partial charge in [-0.15, -0.1) is 11.3 Å². The molecule has 0 amide bonds. The average molecular weight is 982 g/mol. The first-order valence-corrected chi connectivity index (χ1v) is 27.2. The molecule has 0 unspecified atom stereocenters. The van der Waals surface area contributed by atoms with Gasteiger partial charge in [0.15, 0.2) is 0 Å². The van der Waals surface area contributed by atoms with E-state index in [9.17, 15) is 0 Å². The summed E-state index contributed by atoms with van der Waals surface area (Å²) >= 11 is 1.88. The molecular formula is C74H47NS. The van der Waals surface area contributed by atoms with Crippen LogP contribution in [0.25, 0.3) is 75.8 Å². The largest absolute Gasteiger partial charge is 0.309 e. The molecule has 2 heteroatoms. The van der Waals surface area contributed by atoms with Crippen LogP contribution in [0.2, 0.25) is 0 Å². The lowest BCUT2D eigenvalue weighted by Crippen LogP contribution is -2.30. The van der Waals surface area contributed by atoms with Crippen molar-refractivity contribution in [1.29, 1.82) is 0 Å². The summed E-state index contributed by atoms with van der Waals surface area (Å²) < 4.78 is 2.55. The first kappa shape index (κ1) is 43.1. The molecule has 0 aliphatic heterocycles. The van der Waals surface area contributed by atoms with Crippen molar-refractivity contribution < 1.29 is 0 Å². The van der Waals surface area contributed by atoms with Gasteiger partial charge in [-0.3, -0.25) is 0 Å². The molecule has 0 atom stereocenters. The minimum atomic E-state index is -0.750. The van der Waals surface area contributed by atoms with E-state index in [-0.39, 0.29) is 0 Å². The van der Waals surface area contributed by atoms with E-state index in [1.165, 1.54) is 120 Å². The van der Waals surface area contributed by atoms with Gasteiger partial charge in [0.25, 0.3) is 0 Å². The second kappa shape index (κ2) is 16.6. The van der Waals surface area contributed by atoms with Gasteiger partial charge in [0.2, 0.25) is 0 Å². The maximum Gasteiger partial charge on any atom is 0.0726 e. The van der Waals surface area contributed by atoms with Gasteiger partial charge in [-0.2, -0.15) is 0 Å². The summed E-state index contributed by atoms with van der Waals surface area (Å²) in [4.78, 5) is 2.63. The van der Waals surface area contributed by atoms with Crippen molar-refractivity contribution in [2.75, 3.05) is 4.90 Å². The monoisotopic (exact) mass is 981 g/mol. The van der Waals surface area contributed by atoms with Crippen LogP contribution in [0.3, 0.4) is 0 Å². The molecule has 0 radical (unpaired) electrons. The number of benzene rings is 12. The van der Waals surface area contributed by atoms with Crippen molar-refractivity contribution in [3.05, 3.63) is 330 Å². The number of hydrogen-bond acceptors (Lipinski definition) is 2. The van der Waals surface area contributed by atoms with E-state index < -0.39 is 10.8 Å². The minimum Gasteiger partial charge on any atom is -0.309 e. The first-order chi connectivity index (χ1) is 37.7. The van der Waals surface area contributed by atoms with Crippen LogP contribution in [-0.2, 0) is 10.8 Å². The van der Waals surface area contributed by atoms with Crippen molar-refractivity contribution in [1.82, 2.24) is 0 Å². The highest BCUT2D eigenvalue weighted by atomic mass is 32.1. The highest BCUT2D eigenvalue weighted by Gasteiger charge is 2.53. The second-order valence-corrected chi connectivity index (χ2v) is 21.6. The molecule has 0 saturated heterocycles. The van der Waals surface area contributed by atoms with Crippen LogP contribution in [0.5, 0.6) is 0 Å². The highest BCUT2D eigenvalue weighted by Crippen LogP contribution is 2.66. The third-order valence-electron chi connectivity index (χ3n) is 17.0. The molecule has 0 bridgehead atoms. The molecule has 3 aliphatic rings. The number of fused-ring (bicyclic) bond motifs is 16. The Hall–Kier alpha value is -9.34. The Morgan fingerprint density at radius 1 is 0.263 bits per heavy atom. The Balaban J connectivity index is 1.04. The first-order valence-electron chi connectivity index (χ1n) is 26.4. The zero-order valence-electron chi connectivity index (χ0n) is 41.5. The standard InChI is InChI=1S/C74H47NS/c1-3-23-48(24-4-1)51-27-7-14-34-59(51)74(60-35-15-8-28-52(60)49-25-5-2-6-26-49)63-38-18-11-31-55(63)56-46-45-50(47-66(56)74)75(68-42-22-44-70-72(68)58-33-13-20-43-69(58)76-70)67-41-21-40-65-71(67)57-32-12-19-39-64(57)73(65)61-36-16-9-29-53(61)54-30-10-17-37-62(54)73/h1-47H. The molecule has 0 fully saturated rings. The third kappa shape index (κ3) is 5.79. The summed E-state index contributed by atoms with van der Waals surface area (Å²) in [5.41, 5.74) is 25.0. The van der Waals surface area contributed by atoms with Crippen LogP contribution in [-0.4, -0.2) is 0 Å². The van der Waals surface area contributed by atoms with Gasteiger partial charge in [0, 0.05) is 31.4 Å². The quantitative estimate of drug-likeness (QED) is 0.154. The molecule has 76 heavy (non-hydrogen) atoms. The third-order valence-corrected chi connectivity index (χ3v) is 18.1. The molecule has 0 N–H and O–H groups in total. The summed E-state index contributed by atoms with van der Waals surface area (Å²) in [7, 11) is 0. The van der Waals surface area contributed by atoms with Gasteiger partial charge >= 0.3 is 0 Å². The lowest BCUT2D eigenvalue weighted by molar-refractivity contribution is 0.772. The summed E-state index contributed by atoms with van der Waals surface area (Å²) in [6.45, 7) is 0. The smallest absolute Gasteiger partial charge is 0.0726 e. The molecule has 1 heterocycles. The van der Waals surface area contributed by atoms with E-state index in [1.54, 1.807) is 0 Å². The molecule has 13 aromatic rings. The van der Waals surface area contributed by atoms with Gasteiger partial charge in [0.1, 0.15) is 0 Å². The van der Waals surface area contributed by atoms with Crippen molar-refractivity contribution >= 4 is 48.6 Å². The summed E-state index contributed by atoms with van der Waals surface area (Å²) in [6, 6.07) is 107. The van der Waals surface area contributed by atoms with Crippen molar-refractivity contribution in [2.45, 2.75) is 10.8 Å². The number of thiophene rings is 1. The molecule has 12 aromatic carbocycles. The lowest BCUT2D eigenvalue weighted by Gasteiger charge is -2.38. The average Bonchev–Trinajstić information content (AvgIpc) is 4.22. The van der Waals surface area contributed by atoms with E-state index >= 15 is 0 Å². The summed E-state index contributed by atoms with van der Waals surface area (Å²) in [5.74, 6) is 0. The van der Waals surface area contributed by atoms with Crippen LogP contribution in [0.4, 0.5) is 17.1 Å². The predicted molar refractivity (Wildman–Crippen MR) is 318 cm³/mol. The lowest BCUT2D eigenvalue weighted by atomic mass is 9.64.